The number of halogens is 1. The number of fused-ring (bicyclic) bond motifs is 2. The summed E-state index contributed by atoms with van der Waals surface area (Å²) in [4.78, 5) is 4.95. The normalized spacial score (nSPS) is 11.3. The van der Waals surface area contributed by atoms with Crippen molar-refractivity contribution in [1.29, 1.82) is 0 Å². The Labute approximate surface area is 159 Å². The van der Waals surface area contributed by atoms with Crippen LogP contribution in [-0.4, -0.2) is 9.38 Å². The summed E-state index contributed by atoms with van der Waals surface area (Å²) in [5.41, 5.74) is 5.33. The van der Waals surface area contributed by atoms with Gasteiger partial charge in [-0.15, -0.1) is 0 Å². The fourth-order valence-corrected chi connectivity index (χ4v) is 4.08. The zero-order valence-corrected chi connectivity index (χ0v) is 15.5. The molecule has 0 saturated heterocycles. The quantitative estimate of drug-likeness (QED) is 0.328. The number of rotatable bonds is 2. The molecule has 0 saturated carbocycles. The van der Waals surface area contributed by atoms with Crippen molar-refractivity contribution in [2.45, 2.75) is 0 Å². The molecule has 0 atom stereocenters. The third kappa shape index (κ3) is 2.44. The van der Waals surface area contributed by atoms with Gasteiger partial charge in [0.2, 0.25) is 0 Å². The van der Waals surface area contributed by atoms with Crippen LogP contribution in [0.2, 0.25) is 0 Å². The van der Waals surface area contributed by atoms with E-state index in [0.29, 0.717) is 0 Å². The monoisotopic (exact) mass is 398 g/mol. The van der Waals surface area contributed by atoms with Crippen LogP contribution in [0.15, 0.2) is 95.6 Å². The van der Waals surface area contributed by atoms with E-state index in [1.807, 2.05) is 24.3 Å². The van der Waals surface area contributed by atoms with Crippen LogP contribution in [0, 0.1) is 0 Å². The van der Waals surface area contributed by atoms with Gasteiger partial charge in [-0.2, -0.15) is 0 Å². The summed E-state index contributed by atoms with van der Waals surface area (Å²) < 4.78 is 3.25. The van der Waals surface area contributed by atoms with Crippen molar-refractivity contribution in [3.63, 3.8) is 0 Å². The van der Waals surface area contributed by atoms with Crippen LogP contribution in [0.1, 0.15) is 0 Å². The maximum Gasteiger partial charge on any atom is 0.137 e. The Kier molecular flexibility index (Phi) is 3.61. The summed E-state index contributed by atoms with van der Waals surface area (Å²) in [6.45, 7) is 0. The van der Waals surface area contributed by atoms with Crippen molar-refractivity contribution < 1.29 is 0 Å². The van der Waals surface area contributed by atoms with Crippen LogP contribution in [0.5, 0.6) is 0 Å². The molecule has 2 nitrogen and oxygen atoms in total. The van der Waals surface area contributed by atoms with E-state index in [1.54, 1.807) is 0 Å². The van der Waals surface area contributed by atoms with Crippen LogP contribution in [-0.2, 0) is 0 Å². The van der Waals surface area contributed by atoms with Gasteiger partial charge in [-0.1, -0.05) is 76.6 Å². The fourth-order valence-electron chi connectivity index (χ4n) is 3.47. The summed E-state index contributed by atoms with van der Waals surface area (Å²) in [5.74, 6) is 0. The Hall–Kier alpha value is -2.91. The molecule has 5 rings (SSSR count). The Balaban J connectivity index is 1.85. The lowest BCUT2D eigenvalue weighted by Crippen LogP contribution is -1.89. The molecule has 5 aromatic rings. The number of aromatic nitrogens is 2. The van der Waals surface area contributed by atoms with Gasteiger partial charge < -0.3 is 0 Å². The molecule has 3 heteroatoms. The number of hydrogen-bond donors (Lipinski definition) is 0. The van der Waals surface area contributed by atoms with Gasteiger partial charge in [-0.05, 0) is 35.0 Å². The van der Waals surface area contributed by atoms with Gasteiger partial charge in [-0.3, -0.25) is 4.40 Å². The Morgan fingerprint density at radius 2 is 1.50 bits per heavy atom. The maximum atomic E-state index is 4.95. The lowest BCUT2D eigenvalue weighted by Gasteiger charge is -2.08. The highest BCUT2D eigenvalue weighted by molar-refractivity contribution is 9.10. The second-order valence-electron chi connectivity index (χ2n) is 6.28. The SMILES string of the molecule is Brc1cc(-c2nc3ccccn3c2-c2ccccc2)cc2ccccc12. The highest BCUT2D eigenvalue weighted by Crippen LogP contribution is 2.36. The maximum absolute atomic E-state index is 4.95. The van der Waals surface area contributed by atoms with Gasteiger partial charge in [0.05, 0.1) is 11.4 Å². The molecular weight excluding hydrogens is 384 g/mol. The molecule has 2 aromatic heterocycles. The van der Waals surface area contributed by atoms with Crippen LogP contribution in [0.25, 0.3) is 38.9 Å². The van der Waals surface area contributed by atoms with Gasteiger partial charge in [0.1, 0.15) is 5.65 Å². The average molecular weight is 399 g/mol. The minimum atomic E-state index is 0.950. The van der Waals surface area contributed by atoms with E-state index in [0.717, 1.165) is 32.6 Å². The second-order valence-corrected chi connectivity index (χ2v) is 7.14. The van der Waals surface area contributed by atoms with Crippen molar-refractivity contribution in [1.82, 2.24) is 9.38 Å². The molecule has 124 valence electrons. The van der Waals surface area contributed by atoms with Gasteiger partial charge in [0.15, 0.2) is 0 Å². The van der Waals surface area contributed by atoms with Crippen LogP contribution in [0.3, 0.4) is 0 Å². The molecule has 0 aliphatic carbocycles. The number of nitrogens with zero attached hydrogens (tertiary/aromatic N) is 2. The zero-order valence-electron chi connectivity index (χ0n) is 13.9. The van der Waals surface area contributed by atoms with E-state index >= 15 is 0 Å². The molecule has 3 aromatic carbocycles. The zero-order chi connectivity index (χ0) is 17.5. The highest BCUT2D eigenvalue weighted by Gasteiger charge is 2.16. The van der Waals surface area contributed by atoms with Gasteiger partial charge in [0.25, 0.3) is 0 Å². The standard InChI is InChI=1S/C23H15BrN2/c24-20-15-18(14-17-10-4-5-11-19(17)20)22-23(16-8-2-1-3-9-16)26-13-7-6-12-21(26)25-22/h1-15H. The molecular formula is C23H15BrN2. The molecule has 0 aliphatic heterocycles. The van der Waals surface area contributed by atoms with Crippen LogP contribution >= 0.6 is 15.9 Å². The summed E-state index contributed by atoms with van der Waals surface area (Å²) in [7, 11) is 0. The molecule has 0 unspecified atom stereocenters. The van der Waals surface area contributed by atoms with Crippen molar-refractivity contribution in [2.24, 2.45) is 0 Å². The first-order chi connectivity index (χ1) is 12.8. The molecule has 0 aliphatic rings. The summed E-state index contributed by atoms with van der Waals surface area (Å²) >= 11 is 3.74. The first kappa shape index (κ1) is 15.4. The first-order valence-electron chi connectivity index (χ1n) is 8.52. The molecule has 0 spiro atoms. The van der Waals surface area contributed by atoms with Gasteiger partial charge >= 0.3 is 0 Å². The van der Waals surface area contributed by atoms with Crippen molar-refractivity contribution in [2.75, 3.05) is 0 Å². The van der Waals surface area contributed by atoms with Crippen molar-refractivity contribution in [3.05, 3.63) is 95.6 Å². The largest absolute Gasteiger partial charge is 0.299 e. The number of imidazole rings is 1. The molecule has 0 fully saturated rings. The van der Waals surface area contributed by atoms with Crippen molar-refractivity contribution in [3.8, 4) is 22.5 Å². The average Bonchev–Trinajstić information content (AvgIpc) is 3.08. The first-order valence-corrected chi connectivity index (χ1v) is 9.32. The van der Waals surface area contributed by atoms with E-state index in [1.165, 1.54) is 10.8 Å². The molecule has 2 heterocycles. The van der Waals surface area contributed by atoms with Crippen LogP contribution < -0.4 is 0 Å². The summed E-state index contributed by atoms with van der Waals surface area (Å²) in [6, 6.07) is 29.3. The molecule has 0 bridgehead atoms. The molecule has 0 amide bonds. The number of benzene rings is 3. The summed E-state index contributed by atoms with van der Waals surface area (Å²) in [5, 5.41) is 2.41. The minimum Gasteiger partial charge on any atom is -0.299 e. The van der Waals surface area contributed by atoms with E-state index in [4.69, 9.17) is 4.98 Å². The molecule has 26 heavy (non-hydrogen) atoms. The third-order valence-electron chi connectivity index (χ3n) is 4.66. The Morgan fingerprint density at radius 1 is 0.731 bits per heavy atom. The molecule has 0 radical (unpaired) electrons. The van der Waals surface area contributed by atoms with E-state index in [9.17, 15) is 0 Å². The van der Waals surface area contributed by atoms with E-state index < -0.39 is 0 Å². The Bertz CT molecular complexity index is 1240. The lowest BCUT2D eigenvalue weighted by molar-refractivity contribution is 1.19. The summed E-state index contributed by atoms with van der Waals surface area (Å²) in [6.07, 6.45) is 2.07. The highest BCUT2D eigenvalue weighted by atomic mass is 79.9. The predicted octanol–water partition coefficient (Wildman–Crippen LogP) is 6.58. The fraction of sp³-hybridized carbons (Fsp3) is 0. The van der Waals surface area contributed by atoms with Crippen LogP contribution in [0.4, 0.5) is 0 Å². The van der Waals surface area contributed by atoms with E-state index in [-0.39, 0.29) is 0 Å². The minimum absolute atomic E-state index is 0.950. The number of hydrogen-bond acceptors (Lipinski definition) is 1. The topological polar surface area (TPSA) is 17.3 Å². The van der Waals surface area contributed by atoms with Gasteiger partial charge in [0, 0.05) is 21.8 Å². The van der Waals surface area contributed by atoms with Crippen molar-refractivity contribution >= 4 is 32.3 Å². The third-order valence-corrected chi connectivity index (χ3v) is 5.32. The lowest BCUT2D eigenvalue weighted by atomic mass is 10.0. The molecule has 0 N–H and O–H groups in total. The smallest absolute Gasteiger partial charge is 0.137 e. The predicted molar refractivity (Wildman–Crippen MR) is 111 cm³/mol. The second kappa shape index (κ2) is 6.11. The van der Waals surface area contributed by atoms with E-state index in [2.05, 4.69) is 87.2 Å². The Morgan fingerprint density at radius 3 is 2.38 bits per heavy atom. The number of pyridine rings is 1. The van der Waals surface area contributed by atoms with Gasteiger partial charge in [-0.25, -0.2) is 4.98 Å².